The molecule has 1 unspecified atom stereocenters. The van der Waals surface area contributed by atoms with Crippen LogP contribution >= 0.6 is 0 Å². The van der Waals surface area contributed by atoms with Crippen molar-refractivity contribution in [2.75, 3.05) is 13.2 Å². The summed E-state index contributed by atoms with van der Waals surface area (Å²) in [5, 5.41) is 3.42. The van der Waals surface area contributed by atoms with Crippen LogP contribution in [0.25, 0.3) is 0 Å². The van der Waals surface area contributed by atoms with Gasteiger partial charge in [-0.25, -0.2) is 0 Å². The lowest BCUT2D eigenvalue weighted by Gasteiger charge is -2.22. The van der Waals surface area contributed by atoms with Gasteiger partial charge in [-0.1, -0.05) is 45.9 Å². The van der Waals surface area contributed by atoms with Crippen molar-refractivity contribution in [3.8, 4) is 5.75 Å². The summed E-state index contributed by atoms with van der Waals surface area (Å²) >= 11 is 0. The summed E-state index contributed by atoms with van der Waals surface area (Å²) in [4.78, 5) is 0. The third kappa shape index (κ3) is 5.65. The second kappa shape index (κ2) is 7.54. The largest absolute Gasteiger partial charge is 0.493 e. The third-order valence-electron chi connectivity index (χ3n) is 3.29. The second-order valence-electron chi connectivity index (χ2n) is 6.20. The normalized spacial score (nSPS) is 13.3. The van der Waals surface area contributed by atoms with Gasteiger partial charge in [0.15, 0.2) is 0 Å². The van der Waals surface area contributed by atoms with Crippen LogP contribution in [0.5, 0.6) is 5.75 Å². The third-order valence-corrected chi connectivity index (χ3v) is 3.29. The number of hydrogen-bond donors (Lipinski definition) is 1. The number of para-hydroxylation sites is 1. The Hall–Kier alpha value is -1.02. The van der Waals surface area contributed by atoms with Gasteiger partial charge in [-0.05, 0) is 43.4 Å². The fraction of sp³-hybridized carbons (Fsp3) is 0.647. The highest BCUT2D eigenvalue weighted by atomic mass is 16.5. The van der Waals surface area contributed by atoms with E-state index in [1.54, 1.807) is 0 Å². The fourth-order valence-corrected chi connectivity index (χ4v) is 2.23. The molecule has 1 atom stereocenters. The Labute approximate surface area is 118 Å². The molecule has 0 aromatic heterocycles. The molecule has 19 heavy (non-hydrogen) atoms. The van der Waals surface area contributed by atoms with Gasteiger partial charge in [0, 0.05) is 6.04 Å². The van der Waals surface area contributed by atoms with E-state index in [1.165, 1.54) is 5.56 Å². The lowest BCUT2D eigenvalue weighted by Crippen LogP contribution is -2.25. The summed E-state index contributed by atoms with van der Waals surface area (Å²) in [5.74, 6) is 1.03. The molecule has 2 heteroatoms. The molecule has 0 radical (unpaired) electrons. The number of ether oxygens (including phenoxy) is 1. The second-order valence-corrected chi connectivity index (χ2v) is 6.20. The van der Waals surface area contributed by atoms with Gasteiger partial charge >= 0.3 is 0 Å². The van der Waals surface area contributed by atoms with Gasteiger partial charge in [0.05, 0.1) is 6.61 Å². The summed E-state index contributed by atoms with van der Waals surface area (Å²) < 4.78 is 5.96. The lowest BCUT2D eigenvalue weighted by atomic mass is 9.86. The van der Waals surface area contributed by atoms with E-state index in [2.05, 4.69) is 58.1 Å². The monoisotopic (exact) mass is 263 g/mol. The highest BCUT2D eigenvalue weighted by Crippen LogP contribution is 2.30. The first-order chi connectivity index (χ1) is 8.95. The zero-order chi connectivity index (χ0) is 14.3. The maximum absolute atomic E-state index is 5.96. The molecule has 0 spiro atoms. The Balaban J connectivity index is 2.46. The molecule has 0 saturated heterocycles. The summed E-state index contributed by atoms with van der Waals surface area (Å²) in [6, 6.07) is 8.95. The molecular formula is C17H29NO. The number of rotatable bonds is 7. The number of hydrogen-bond acceptors (Lipinski definition) is 2. The van der Waals surface area contributed by atoms with Gasteiger partial charge < -0.3 is 10.1 Å². The van der Waals surface area contributed by atoms with Gasteiger partial charge in [0.1, 0.15) is 5.75 Å². The molecule has 0 aliphatic carbocycles. The van der Waals surface area contributed by atoms with Crippen molar-refractivity contribution in [3.05, 3.63) is 29.8 Å². The van der Waals surface area contributed by atoms with E-state index in [-0.39, 0.29) is 5.41 Å². The molecule has 0 saturated carbocycles. The predicted molar refractivity (Wildman–Crippen MR) is 83.0 cm³/mol. The molecule has 0 heterocycles. The first-order valence-electron chi connectivity index (χ1n) is 7.41. The maximum Gasteiger partial charge on any atom is 0.123 e. The Morgan fingerprint density at radius 3 is 2.53 bits per heavy atom. The van der Waals surface area contributed by atoms with Gasteiger partial charge in [-0.2, -0.15) is 0 Å². The highest BCUT2D eigenvalue weighted by molar-refractivity contribution is 5.38. The zero-order valence-electron chi connectivity index (χ0n) is 13.1. The van der Waals surface area contributed by atoms with Crippen LogP contribution in [-0.2, 0) is 5.41 Å². The van der Waals surface area contributed by atoms with E-state index >= 15 is 0 Å². The Morgan fingerprint density at radius 2 is 1.89 bits per heavy atom. The molecular weight excluding hydrogens is 234 g/mol. The standard InChI is InChI=1S/C17H29NO/c1-6-18-14(2)10-9-13-19-16-12-8-7-11-15(16)17(3,4)5/h7-8,11-12,14,18H,6,9-10,13H2,1-5H3. The van der Waals surface area contributed by atoms with Gasteiger partial charge in [-0.15, -0.1) is 0 Å². The van der Waals surface area contributed by atoms with Crippen LogP contribution in [-0.4, -0.2) is 19.2 Å². The van der Waals surface area contributed by atoms with Crippen molar-refractivity contribution in [3.63, 3.8) is 0 Å². The molecule has 1 aromatic carbocycles. The van der Waals surface area contributed by atoms with Gasteiger partial charge in [0.2, 0.25) is 0 Å². The van der Waals surface area contributed by atoms with E-state index in [4.69, 9.17) is 4.74 Å². The SMILES string of the molecule is CCNC(C)CCCOc1ccccc1C(C)(C)C. The van der Waals surface area contributed by atoms with Crippen LogP contribution in [0.3, 0.4) is 0 Å². The van der Waals surface area contributed by atoms with Gasteiger partial charge in [-0.3, -0.25) is 0 Å². The maximum atomic E-state index is 5.96. The van der Waals surface area contributed by atoms with E-state index in [9.17, 15) is 0 Å². The van der Waals surface area contributed by atoms with Crippen molar-refractivity contribution in [1.82, 2.24) is 5.32 Å². The van der Waals surface area contributed by atoms with E-state index in [0.29, 0.717) is 6.04 Å². The van der Waals surface area contributed by atoms with Crippen LogP contribution in [0, 0.1) is 0 Å². The highest BCUT2D eigenvalue weighted by Gasteiger charge is 2.18. The summed E-state index contributed by atoms with van der Waals surface area (Å²) in [6.45, 7) is 12.9. The number of nitrogens with one attached hydrogen (secondary N) is 1. The molecule has 1 N–H and O–H groups in total. The summed E-state index contributed by atoms with van der Waals surface area (Å²) in [5.41, 5.74) is 1.42. The molecule has 108 valence electrons. The molecule has 2 nitrogen and oxygen atoms in total. The van der Waals surface area contributed by atoms with Crippen LogP contribution in [0.2, 0.25) is 0 Å². The first kappa shape index (κ1) is 16.0. The Morgan fingerprint density at radius 1 is 1.21 bits per heavy atom. The molecule has 1 aromatic rings. The Kier molecular flexibility index (Phi) is 6.36. The molecule has 0 aliphatic rings. The average Bonchev–Trinajstić information content (AvgIpc) is 2.34. The smallest absolute Gasteiger partial charge is 0.123 e. The molecule has 1 rings (SSSR count). The van der Waals surface area contributed by atoms with Crippen LogP contribution in [0.4, 0.5) is 0 Å². The number of benzene rings is 1. The van der Waals surface area contributed by atoms with Gasteiger partial charge in [0.25, 0.3) is 0 Å². The molecule has 0 amide bonds. The minimum absolute atomic E-state index is 0.133. The molecule has 0 bridgehead atoms. The quantitative estimate of drug-likeness (QED) is 0.746. The van der Waals surface area contributed by atoms with Crippen molar-refractivity contribution in [2.45, 2.75) is 58.9 Å². The summed E-state index contributed by atoms with van der Waals surface area (Å²) in [6.07, 6.45) is 2.25. The summed E-state index contributed by atoms with van der Waals surface area (Å²) in [7, 11) is 0. The van der Waals surface area contributed by atoms with Crippen molar-refractivity contribution >= 4 is 0 Å². The van der Waals surface area contributed by atoms with Crippen molar-refractivity contribution in [1.29, 1.82) is 0 Å². The average molecular weight is 263 g/mol. The molecule has 0 fully saturated rings. The van der Waals surface area contributed by atoms with E-state index in [1.807, 2.05) is 6.07 Å². The minimum atomic E-state index is 0.133. The van der Waals surface area contributed by atoms with Crippen LogP contribution in [0.15, 0.2) is 24.3 Å². The van der Waals surface area contributed by atoms with Crippen LogP contribution < -0.4 is 10.1 Å². The van der Waals surface area contributed by atoms with E-state index < -0.39 is 0 Å². The fourth-order valence-electron chi connectivity index (χ4n) is 2.23. The van der Waals surface area contributed by atoms with Crippen molar-refractivity contribution in [2.24, 2.45) is 0 Å². The van der Waals surface area contributed by atoms with Crippen LogP contribution in [0.1, 0.15) is 53.0 Å². The van der Waals surface area contributed by atoms with Crippen molar-refractivity contribution < 1.29 is 4.74 Å². The minimum Gasteiger partial charge on any atom is -0.493 e. The lowest BCUT2D eigenvalue weighted by molar-refractivity contribution is 0.291. The van der Waals surface area contributed by atoms with E-state index in [0.717, 1.165) is 31.7 Å². The zero-order valence-corrected chi connectivity index (χ0v) is 13.1. The Bertz CT molecular complexity index is 368. The topological polar surface area (TPSA) is 21.3 Å². The molecule has 0 aliphatic heterocycles. The predicted octanol–water partition coefficient (Wildman–Crippen LogP) is 4.14. The first-order valence-corrected chi connectivity index (χ1v) is 7.41.